The van der Waals surface area contributed by atoms with Gasteiger partial charge in [0.15, 0.2) is 4.80 Å². The summed E-state index contributed by atoms with van der Waals surface area (Å²) in [6.45, 7) is 1.94. The lowest BCUT2D eigenvalue weighted by Crippen LogP contribution is -2.40. The number of esters is 1. The topological polar surface area (TPSA) is 60.7 Å². The van der Waals surface area contributed by atoms with Gasteiger partial charge in [-0.15, -0.1) is 11.8 Å². The first-order chi connectivity index (χ1) is 18.0. The van der Waals surface area contributed by atoms with Crippen LogP contribution in [0.1, 0.15) is 29.7 Å². The van der Waals surface area contributed by atoms with Gasteiger partial charge in [-0.3, -0.25) is 9.36 Å². The summed E-state index contributed by atoms with van der Waals surface area (Å²) in [6.07, 6.45) is 3.71. The van der Waals surface area contributed by atoms with E-state index in [2.05, 4.69) is 0 Å². The van der Waals surface area contributed by atoms with E-state index in [9.17, 15) is 14.0 Å². The summed E-state index contributed by atoms with van der Waals surface area (Å²) >= 11 is 2.85. The Hall–Kier alpha value is -3.75. The summed E-state index contributed by atoms with van der Waals surface area (Å²) in [7, 11) is 0. The number of benzene rings is 3. The van der Waals surface area contributed by atoms with E-state index in [0.717, 1.165) is 16.0 Å². The number of ether oxygens (including phenoxy) is 1. The molecule has 3 aromatic carbocycles. The molecule has 37 heavy (non-hydrogen) atoms. The number of aromatic nitrogens is 1. The molecule has 0 aliphatic carbocycles. The summed E-state index contributed by atoms with van der Waals surface area (Å²) in [6, 6.07) is 22.5. The Kier molecular flexibility index (Phi) is 7.21. The van der Waals surface area contributed by atoms with Gasteiger partial charge >= 0.3 is 5.97 Å². The van der Waals surface area contributed by atoms with Crippen molar-refractivity contribution in [3.8, 4) is 0 Å². The van der Waals surface area contributed by atoms with Gasteiger partial charge in [0.25, 0.3) is 5.56 Å². The normalized spacial score (nSPS) is 15.3. The SMILES string of the molecule is CCOC(=O)C1=C(c2ccccc2)N=c2s/c(=C\c3ccc(F)cc3)c(=O)n2[C@H]1c1ccc(SC)cc1. The molecule has 0 radical (unpaired) electrons. The van der Waals surface area contributed by atoms with Gasteiger partial charge in [-0.2, -0.15) is 0 Å². The van der Waals surface area contributed by atoms with E-state index in [4.69, 9.17) is 9.73 Å². The Balaban J connectivity index is 1.81. The number of carbonyl (C=O) groups excluding carboxylic acids is 1. The Labute approximate surface area is 221 Å². The van der Waals surface area contributed by atoms with Crippen molar-refractivity contribution in [1.29, 1.82) is 0 Å². The van der Waals surface area contributed by atoms with Crippen LogP contribution < -0.4 is 14.9 Å². The van der Waals surface area contributed by atoms with Gasteiger partial charge in [-0.25, -0.2) is 14.2 Å². The zero-order chi connectivity index (χ0) is 25.9. The second kappa shape index (κ2) is 10.7. The molecule has 0 bridgehead atoms. The Bertz CT molecular complexity index is 1660. The van der Waals surface area contributed by atoms with E-state index in [1.54, 1.807) is 41.5 Å². The van der Waals surface area contributed by atoms with Crippen molar-refractivity contribution < 1.29 is 13.9 Å². The number of halogens is 1. The first-order valence-electron chi connectivity index (χ1n) is 11.7. The molecule has 1 aliphatic heterocycles. The van der Waals surface area contributed by atoms with Crippen molar-refractivity contribution in [3.05, 3.63) is 127 Å². The molecule has 8 heteroatoms. The van der Waals surface area contributed by atoms with Crippen LogP contribution in [0, 0.1) is 5.82 Å². The largest absolute Gasteiger partial charge is 0.463 e. The molecule has 1 aromatic heterocycles. The highest BCUT2D eigenvalue weighted by Gasteiger charge is 2.35. The number of thiazole rings is 1. The smallest absolute Gasteiger partial charge is 0.338 e. The van der Waals surface area contributed by atoms with Crippen LogP contribution in [0.3, 0.4) is 0 Å². The minimum absolute atomic E-state index is 0.192. The molecule has 0 spiro atoms. The number of fused-ring (bicyclic) bond motifs is 1. The maximum Gasteiger partial charge on any atom is 0.338 e. The number of nitrogens with zero attached hydrogens (tertiary/aromatic N) is 2. The molecule has 0 saturated heterocycles. The molecular formula is C29H23FN2O3S2. The second-order valence-corrected chi connectivity index (χ2v) is 10.1. The quantitative estimate of drug-likeness (QED) is 0.266. The fourth-order valence-corrected chi connectivity index (χ4v) is 5.66. The second-order valence-electron chi connectivity index (χ2n) is 8.26. The third-order valence-corrected chi connectivity index (χ3v) is 7.70. The van der Waals surface area contributed by atoms with Crippen molar-refractivity contribution in [2.75, 3.05) is 12.9 Å². The van der Waals surface area contributed by atoms with Crippen LogP contribution in [-0.2, 0) is 9.53 Å². The molecule has 0 unspecified atom stereocenters. The molecule has 1 aliphatic rings. The van der Waals surface area contributed by atoms with Gasteiger partial charge in [0.1, 0.15) is 5.82 Å². The highest BCUT2D eigenvalue weighted by molar-refractivity contribution is 7.98. The first kappa shape index (κ1) is 24.9. The lowest BCUT2D eigenvalue weighted by Gasteiger charge is -2.26. The van der Waals surface area contributed by atoms with Crippen LogP contribution in [0.25, 0.3) is 11.8 Å². The minimum atomic E-state index is -0.725. The van der Waals surface area contributed by atoms with Crippen LogP contribution in [-0.4, -0.2) is 23.4 Å². The Morgan fingerprint density at radius 2 is 1.78 bits per heavy atom. The van der Waals surface area contributed by atoms with Crippen LogP contribution in [0.4, 0.5) is 4.39 Å². The third kappa shape index (κ3) is 4.95. The average Bonchev–Trinajstić information content (AvgIpc) is 3.24. The molecule has 5 nitrogen and oxygen atoms in total. The predicted molar refractivity (Wildman–Crippen MR) is 146 cm³/mol. The van der Waals surface area contributed by atoms with Gasteiger partial charge in [0, 0.05) is 10.5 Å². The van der Waals surface area contributed by atoms with Gasteiger partial charge < -0.3 is 4.74 Å². The number of hydrogen-bond acceptors (Lipinski definition) is 6. The zero-order valence-corrected chi connectivity index (χ0v) is 21.8. The standard InChI is InChI=1S/C29H23FN2O3S2/c1-3-35-28(34)24-25(19-7-5-4-6-8-19)31-29-32(26(24)20-11-15-22(36-2)16-12-20)27(33)23(37-29)17-18-9-13-21(30)14-10-18/h4-17,26H,3H2,1-2H3/b23-17-/t26-/m0/s1. The van der Waals surface area contributed by atoms with Crippen LogP contribution in [0.2, 0.25) is 0 Å². The molecule has 0 fully saturated rings. The lowest BCUT2D eigenvalue weighted by atomic mass is 9.93. The molecule has 0 saturated carbocycles. The molecule has 5 rings (SSSR count). The maximum absolute atomic E-state index is 13.8. The minimum Gasteiger partial charge on any atom is -0.463 e. The van der Waals surface area contributed by atoms with Gasteiger partial charge in [-0.05, 0) is 54.6 Å². The summed E-state index contributed by atoms with van der Waals surface area (Å²) in [5.41, 5.74) is 2.74. The molecule has 4 aromatic rings. The van der Waals surface area contributed by atoms with E-state index in [-0.39, 0.29) is 18.0 Å². The van der Waals surface area contributed by atoms with Crippen molar-refractivity contribution in [2.45, 2.75) is 17.9 Å². The number of carbonyl (C=O) groups is 1. The number of thioether (sulfide) groups is 1. The van der Waals surface area contributed by atoms with E-state index < -0.39 is 12.0 Å². The van der Waals surface area contributed by atoms with Crippen LogP contribution in [0.15, 0.2) is 99.1 Å². The van der Waals surface area contributed by atoms with Crippen LogP contribution >= 0.6 is 23.1 Å². The highest BCUT2D eigenvalue weighted by atomic mass is 32.2. The fourth-order valence-electron chi connectivity index (χ4n) is 4.25. The summed E-state index contributed by atoms with van der Waals surface area (Å²) < 4.78 is 20.9. The molecule has 2 heterocycles. The van der Waals surface area contributed by atoms with Gasteiger partial charge in [0.2, 0.25) is 0 Å². The molecule has 186 valence electrons. The summed E-state index contributed by atoms with van der Waals surface area (Å²) in [5, 5.41) is 0. The molecule has 0 N–H and O–H groups in total. The number of hydrogen-bond donors (Lipinski definition) is 0. The van der Waals surface area contributed by atoms with E-state index in [0.29, 0.717) is 26.2 Å². The Morgan fingerprint density at radius 3 is 2.43 bits per heavy atom. The lowest BCUT2D eigenvalue weighted by molar-refractivity contribution is -0.138. The van der Waals surface area contributed by atoms with Crippen LogP contribution in [0.5, 0.6) is 0 Å². The van der Waals surface area contributed by atoms with E-state index in [1.807, 2.05) is 60.9 Å². The summed E-state index contributed by atoms with van der Waals surface area (Å²) in [4.78, 5) is 33.6. The maximum atomic E-state index is 13.8. The third-order valence-electron chi connectivity index (χ3n) is 5.97. The predicted octanol–water partition coefficient (Wildman–Crippen LogP) is 4.80. The fraction of sp³-hybridized carbons (Fsp3) is 0.138. The monoisotopic (exact) mass is 530 g/mol. The van der Waals surface area contributed by atoms with Crippen molar-refractivity contribution in [2.24, 2.45) is 4.99 Å². The van der Waals surface area contributed by atoms with Crippen molar-refractivity contribution >= 4 is 40.8 Å². The zero-order valence-electron chi connectivity index (χ0n) is 20.2. The van der Waals surface area contributed by atoms with E-state index in [1.165, 1.54) is 23.5 Å². The molecule has 0 amide bonds. The van der Waals surface area contributed by atoms with Crippen molar-refractivity contribution in [1.82, 2.24) is 4.57 Å². The summed E-state index contributed by atoms with van der Waals surface area (Å²) in [5.74, 6) is -0.865. The average molecular weight is 531 g/mol. The van der Waals surface area contributed by atoms with Gasteiger partial charge in [-0.1, -0.05) is 65.9 Å². The van der Waals surface area contributed by atoms with E-state index >= 15 is 0 Å². The van der Waals surface area contributed by atoms with Crippen molar-refractivity contribution in [3.63, 3.8) is 0 Å². The Morgan fingerprint density at radius 1 is 1.08 bits per heavy atom. The molecule has 1 atom stereocenters. The first-order valence-corrected chi connectivity index (χ1v) is 13.7. The molecular weight excluding hydrogens is 507 g/mol. The number of rotatable bonds is 6. The van der Waals surface area contributed by atoms with Gasteiger partial charge in [0.05, 0.1) is 28.5 Å². The highest BCUT2D eigenvalue weighted by Crippen LogP contribution is 2.35.